The van der Waals surface area contributed by atoms with Gasteiger partial charge in [0.1, 0.15) is 0 Å². The van der Waals surface area contributed by atoms with Crippen LogP contribution in [0.3, 0.4) is 0 Å². The maximum Gasteiger partial charge on any atom is 0.309 e. The maximum absolute atomic E-state index is 11.8. The number of esters is 1. The van der Waals surface area contributed by atoms with Gasteiger partial charge in [-0.25, -0.2) is 0 Å². The van der Waals surface area contributed by atoms with E-state index in [2.05, 4.69) is 20.3 Å². The predicted molar refractivity (Wildman–Crippen MR) is 84.5 cm³/mol. The monoisotopic (exact) mass is 307 g/mol. The zero-order valence-corrected chi connectivity index (χ0v) is 13.4. The molecule has 0 spiro atoms. The quantitative estimate of drug-likeness (QED) is 0.493. The number of nitrogens with one attached hydrogen (secondary N) is 1. The van der Waals surface area contributed by atoms with Gasteiger partial charge >= 0.3 is 5.97 Å². The number of rotatable bonds is 5. The lowest BCUT2D eigenvalue weighted by Gasteiger charge is -2.33. The van der Waals surface area contributed by atoms with E-state index in [1.807, 2.05) is 23.9 Å². The van der Waals surface area contributed by atoms with Crippen LogP contribution < -0.4 is 5.32 Å². The minimum atomic E-state index is -0.0659. The van der Waals surface area contributed by atoms with Gasteiger partial charge in [-0.2, -0.15) is 5.10 Å². The highest BCUT2D eigenvalue weighted by Crippen LogP contribution is 2.18. The Labute approximate surface area is 131 Å². The van der Waals surface area contributed by atoms with E-state index < -0.39 is 0 Å². The summed E-state index contributed by atoms with van der Waals surface area (Å²) >= 11 is 0. The summed E-state index contributed by atoms with van der Waals surface area (Å²) in [6, 6.07) is 1.91. The van der Waals surface area contributed by atoms with Crippen LogP contribution in [-0.2, 0) is 16.1 Å². The van der Waals surface area contributed by atoms with Crippen LogP contribution in [0.25, 0.3) is 0 Å². The van der Waals surface area contributed by atoms with Crippen molar-refractivity contribution in [1.29, 1.82) is 0 Å². The van der Waals surface area contributed by atoms with Crippen LogP contribution in [0.15, 0.2) is 23.5 Å². The number of aromatic nitrogens is 2. The molecular formula is C15H25N5O2. The van der Waals surface area contributed by atoms with Gasteiger partial charge in [0.25, 0.3) is 0 Å². The molecule has 2 heterocycles. The molecule has 0 aliphatic carbocycles. The molecule has 0 radical (unpaired) electrons. The second-order valence-corrected chi connectivity index (χ2v) is 5.26. The van der Waals surface area contributed by atoms with Crippen LogP contribution >= 0.6 is 0 Å². The SMILES string of the molecule is CCOC(=O)C1CCN(C(=NC)NCCn2cccn2)CC1. The van der Waals surface area contributed by atoms with E-state index >= 15 is 0 Å². The van der Waals surface area contributed by atoms with Crippen molar-refractivity contribution >= 4 is 11.9 Å². The van der Waals surface area contributed by atoms with E-state index in [9.17, 15) is 4.79 Å². The summed E-state index contributed by atoms with van der Waals surface area (Å²) in [6.07, 6.45) is 5.35. The summed E-state index contributed by atoms with van der Waals surface area (Å²) in [6.45, 7) is 5.52. The fourth-order valence-corrected chi connectivity index (χ4v) is 2.63. The first-order chi connectivity index (χ1) is 10.7. The lowest BCUT2D eigenvalue weighted by molar-refractivity contribution is -0.149. The average Bonchev–Trinajstić information content (AvgIpc) is 3.05. The Bertz CT molecular complexity index is 478. The minimum absolute atomic E-state index is 0.0263. The van der Waals surface area contributed by atoms with Gasteiger partial charge in [-0.05, 0) is 25.8 Å². The third kappa shape index (κ3) is 4.47. The van der Waals surface area contributed by atoms with Crippen molar-refractivity contribution in [2.75, 3.05) is 33.3 Å². The number of likely N-dealkylation sites (tertiary alicyclic amines) is 1. The molecule has 1 aliphatic heterocycles. The van der Waals surface area contributed by atoms with Crippen molar-refractivity contribution in [2.24, 2.45) is 10.9 Å². The number of carbonyl (C=O) groups excluding carboxylic acids is 1. The summed E-state index contributed by atoms with van der Waals surface area (Å²) in [7, 11) is 1.79. The molecule has 1 saturated heterocycles. The Morgan fingerprint density at radius 3 is 2.82 bits per heavy atom. The normalized spacial score (nSPS) is 16.6. The summed E-state index contributed by atoms with van der Waals surface area (Å²) in [5, 5.41) is 7.52. The van der Waals surface area contributed by atoms with E-state index in [4.69, 9.17) is 4.74 Å². The molecule has 22 heavy (non-hydrogen) atoms. The molecule has 0 bridgehead atoms. The molecule has 1 fully saturated rings. The number of carbonyl (C=O) groups is 1. The van der Waals surface area contributed by atoms with E-state index in [0.29, 0.717) is 6.61 Å². The molecule has 122 valence electrons. The smallest absolute Gasteiger partial charge is 0.309 e. The summed E-state index contributed by atoms with van der Waals surface area (Å²) in [5.41, 5.74) is 0. The molecule has 1 N–H and O–H groups in total. The Morgan fingerprint density at radius 2 is 2.23 bits per heavy atom. The van der Waals surface area contributed by atoms with Crippen molar-refractivity contribution in [1.82, 2.24) is 20.0 Å². The number of guanidine groups is 1. The standard InChI is InChI=1S/C15H25N5O2/c1-3-22-14(21)13-5-10-19(11-6-13)15(16-2)17-8-12-20-9-4-7-18-20/h4,7,9,13H,3,5-6,8,10-12H2,1-2H3,(H,16,17). The van der Waals surface area contributed by atoms with Gasteiger partial charge in [0.2, 0.25) is 0 Å². The Hall–Kier alpha value is -2.05. The number of ether oxygens (including phenoxy) is 1. The van der Waals surface area contributed by atoms with Crippen LogP contribution in [0.4, 0.5) is 0 Å². The minimum Gasteiger partial charge on any atom is -0.466 e. The molecule has 7 nitrogen and oxygen atoms in total. The third-order valence-electron chi connectivity index (χ3n) is 3.81. The number of aliphatic imine (C=N–C) groups is 1. The van der Waals surface area contributed by atoms with Crippen LogP contribution in [0, 0.1) is 5.92 Å². The molecule has 0 amide bonds. The van der Waals surface area contributed by atoms with Crippen molar-refractivity contribution in [3.8, 4) is 0 Å². The van der Waals surface area contributed by atoms with E-state index in [1.165, 1.54) is 0 Å². The maximum atomic E-state index is 11.8. The highest BCUT2D eigenvalue weighted by Gasteiger charge is 2.27. The molecule has 0 atom stereocenters. The van der Waals surface area contributed by atoms with Crippen LogP contribution in [0.2, 0.25) is 0 Å². The number of hydrogen-bond acceptors (Lipinski definition) is 4. The Balaban J connectivity index is 1.74. The second-order valence-electron chi connectivity index (χ2n) is 5.26. The van der Waals surface area contributed by atoms with Crippen molar-refractivity contribution < 1.29 is 9.53 Å². The highest BCUT2D eigenvalue weighted by molar-refractivity contribution is 5.80. The fraction of sp³-hybridized carbons (Fsp3) is 0.667. The van der Waals surface area contributed by atoms with Crippen molar-refractivity contribution in [2.45, 2.75) is 26.3 Å². The van der Waals surface area contributed by atoms with Crippen molar-refractivity contribution in [3.63, 3.8) is 0 Å². The topological polar surface area (TPSA) is 71.8 Å². The van der Waals surface area contributed by atoms with E-state index in [1.54, 1.807) is 13.2 Å². The van der Waals surface area contributed by atoms with E-state index in [-0.39, 0.29) is 11.9 Å². The first kappa shape index (κ1) is 16.3. The van der Waals surface area contributed by atoms with Gasteiger partial charge in [-0.1, -0.05) is 0 Å². The number of piperidine rings is 1. The summed E-state index contributed by atoms with van der Waals surface area (Å²) in [4.78, 5) is 18.3. The summed E-state index contributed by atoms with van der Waals surface area (Å²) < 4.78 is 6.98. The van der Waals surface area contributed by atoms with Gasteiger partial charge in [-0.3, -0.25) is 14.5 Å². The molecular weight excluding hydrogens is 282 g/mol. The third-order valence-corrected chi connectivity index (χ3v) is 3.81. The van der Waals surface area contributed by atoms with Gasteiger partial charge in [0, 0.05) is 39.1 Å². The molecule has 1 aromatic heterocycles. The lowest BCUT2D eigenvalue weighted by Crippen LogP contribution is -2.47. The average molecular weight is 307 g/mol. The highest BCUT2D eigenvalue weighted by atomic mass is 16.5. The number of hydrogen-bond donors (Lipinski definition) is 1. The molecule has 0 unspecified atom stereocenters. The zero-order chi connectivity index (χ0) is 15.8. The second kappa shape index (κ2) is 8.41. The first-order valence-electron chi connectivity index (χ1n) is 7.84. The van der Waals surface area contributed by atoms with Gasteiger partial charge in [0.05, 0.1) is 19.1 Å². The van der Waals surface area contributed by atoms with Crippen LogP contribution in [0.1, 0.15) is 19.8 Å². The Kier molecular flexibility index (Phi) is 6.24. The molecule has 0 aromatic carbocycles. The van der Waals surface area contributed by atoms with E-state index in [0.717, 1.165) is 45.0 Å². The molecule has 2 rings (SSSR count). The molecule has 0 saturated carbocycles. The van der Waals surface area contributed by atoms with Crippen LogP contribution in [0.5, 0.6) is 0 Å². The first-order valence-corrected chi connectivity index (χ1v) is 7.84. The predicted octanol–water partition coefficient (Wildman–Crippen LogP) is 0.734. The van der Waals surface area contributed by atoms with Gasteiger partial charge in [0.15, 0.2) is 5.96 Å². The number of nitrogens with zero attached hydrogens (tertiary/aromatic N) is 4. The molecule has 1 aromatic rings. The zero-order valence-electron chi connectivity index (χ0n) is 13.4. The van der Waals surface area contributed by atoms with Crippen LogP contribution in [-0.4, -0.2) is 59.9 Å². The van der Waals surface area contributed by atoms with Gasteiger partial charge < -0.3 is 15.0 Å². The Morgan fingerprint density at radius 1 is 1.45 bits per heavy atom. The van der Waals surface area contributed by atoms with Gasteiger partial charge in [-0.15, -0.1) is 0 Å². The lowest BCUT2D eigenvalue weighted by atomic mass is 9.97. The molecule has 1 aliphatic rings. The summed E-state index contributed by atoms with van der Waals surface area (Å²) in [5.74, 6) is 0.844. The molecule has 7 heteroatoms. The largest absolute Gasteiger partial charge is 0.466 e. The van der Waals surface area contributed by atoms with Crippen molar-refractivity contribution in [3.05, 3.63) is 18.5 Å². The fourth-order valence-electron chi connectivity index (χ4n) is 2.63.